The van der Waals surface area contributed by atoms with E-state index in [9.17, 15) is 10.1 Å². The fourth-order valence-corrected chi connectivity index (χ4v) is 5.05. The number of anilines is 1. The molecule has 0 spiro atoms. The second kappa shape index (κ2) is 8.60. The number of nitrogens with one attached hydrogen (secondary N) is 2. The Morgan fingerprint density at radius 2 is 2.16 bits per heavy atom. The zero-order valence-electron chi connectivity index (χ0n) is 17.8. The Morgan fingerprint density at radius 3 is 2.81 bits per heavy atom. The molecular weight excluding hydrogens is 528 g/mol. The number of benzene rings is 1. The lowest BCUT2D eigenvalue weighted by Gasteiger charge is -2.24. The minimum Gasteiger partial charge on any atom is -0.444 e. The fraction of sp³-hybridized carbons (Fsp3) is 0.571. The van der Waals surface area contributed by atoms with Gasteiger partial charge in [0.15, 0.2) is 0 Å². The number of rotatable bonds is 3. The number of ether oxygens (including phenoxy) is 1. The summed E-state index contributed by atoms with van der Waals surface area (Å²) in [6.07, 6.45) is 1.41. The van der Waals surface area contributed by atoms with E-state index in [1.807, 2.05) is 26.8 Å². The van der Waals surface area contributed by atoms with Crippen molar-refractivity contribution in [1.29, 1.82) is 5.26 Å². The van der Waals surface area contributed by atoms with Crippen LogP contribution < -0.4 is 15.5 Å². The molecule has 0 saturated carbocycles. The van der Waals surface area contributed by atoms with Crippen LogP contribution in [-0.4, -0.2) is 53.5 Å². The number of carbonyl (C=O) groups excluding carboxylic acids is 1. The van der Waals surface area contributed by atoms with E-state index >= 15 is 0 Å². The first kappa shape index (κ1) is 22.4. The van der Waals surface area contributed by atoms with Crippen LogP contribution in [0.3, 0.4) is 0 Å². The summed E-state index contributed by atoms with van der Waals surface area (Å²) in [5.41, 5.74) is 1.64. The van der Waals surface area contributed by atoms with Crippen LogP contribution in [0.5, 0.6) is 0 Å². The predicted molar refractivity (Wildman–Crippen MR) is 126 cm³/mol. The van der Waals surface area contributed by atoms with Gasteiger partial charge in [-0.1, -0.05) is 0 Å². The molecule has 0 unspecified atom stereocenters. The third-order valence-electron chi connectivity index (χ3n) is 5.56. The molecule has 2 aliphatic rings. The van der Waals surface area contributed by atoms with Crippen molar-refractivity contribution in [2.24, 2.45) is 0 Å². The number of amides is 1. The van der Waals surface area contributed by atoms with Gasteiger partial charge in [-0.05, 0) is 78.1 Å². The Bertz CT molecular complexity index is 1050. The minimum atomic E-state index is -0.527. The molecule has 166 valence electrons. The number of hydrogen-bond donors (Lipinski definition) is 2. The first-order valence-corrected chi connectivity index (χ1v) is 12.0. The minimum absolute atomic E-state index is 0.0151. The number of imidazole rings is 1. The van der Waals surface area contributed by atoms with Crippen LogP contribution in [0, 0.1) is 11.3 Å². The highest BCUT2D eigenvalue weighted by Gasteiger charge is 2.32. The van der Waals surface area contributed by atoms with Crippen LogP contribution >= 0.6 is 31.9 Å². The number of carbonyl (C=O) groups is 1. The molecule has 2 saturated heterocycles. The molecule has 2 fully saturated rings. The zero-order valence-corrected chi connectivity index (χ0v) is 21.0. The van der Waals surface area contributed by atoms with E-state index < -0.39 is 11.7 Å². The number of alkyl carbamates (subject to hydrolysis) is 1. The number of hydrogen-bond acceptors (Lipinski definition) is 6. The van der Waals surface area contributed by atoms with E-state index in [4.69, 9.17) is 9.72 Å². The van der Waals surface area contributed by atoms with E-state index in [-0.39, 0.29) is 12.1 Å². The van der Waals surface area contributed by atoms with Crippen molar-refractivity contribution in [3.8, 4) is 6.07 Å². The fourth-order valence-electron chi connectivity index (χ4n) is 4.24. The summed E-state index contributed by atoms with van der Waals surface area (Å²) in [4.78, 5) is 19.3. The molecule has 3 heterocycles. The van der Waals surface area contributed by atoms with Crippen molar-refractivity contribution in [2.75, 3.05) is 31.1 Å². The summed E-state index contributed by atoms with van der Waals surface area (Å²) in [5, 5.41) is 16.2. The van der Waals surface area contributed by atoms with Crippen LogP contribution in [0.25, 0.3) is 11.0 Å². The third kappa shape index (κ3) is 4.54. The standard InChI is InChI=1S/C21H26Br2N6O2/c1-21(2,3)31-20(30)26-12-5-7-28(11-12)19-27-18-14(9-24)17(23)15(22)8-16(18)29(19)13-4-6-25-10-13/h8,12-13,25H,4-7,10-11H2,1-3H3,(H,26,30)/t12-,13+/m1/s1. The van der Waals surface area contributed by atoms with Crippen LogP contribution in [0.2, 0.25) is 0 Å². The van der Waals surface area contributed by atoms with Crippen molar-refractivity contribution in [3.05, 3.63) is 20.6 Å². The van der Waals surface area contributed by atoms with Crippen molar-refractivity contribution in [3.63, 3.8) is 0 Å². The quantitative estimate of drug-likeness (QED) is 0.595. The summed E-state index contributed by atoms with van der Waals surface area (Å²) >= 11 is 7.09. The van der Waals surface area contributed by atoms with Crippen molar-refractivity contribution < 1.29 is 9.53 Å². The smallest absolute Gasteiger partial charge is 0.407 e. The average Bonchev–Trinajstić information content (AvgIpc) is 3.40. The molecule has 10 heteroatoms. The lowest BCUT2D eigenvalue weighted by Crippen LogP contribution is -2.40. The maximum atomic E-state index is 12.2. The SMILES string of the molecule is CC(C)(C)OC(=O)N[C@@H]1CCN(c2nc3c(C#N)c(Br)c(Br)cc3n2[C@H]2CCNC2)C1. The van der Waals surface area contributed by atoms with Gasteiger partial charge in [-0.3, -0.25) is 0 Å². The Morgan fingerprint density at radius 1 is 1.39 bits per heavy atom. The van der Waals surface area contributed by atoms with Crippen LogP contribution in [-0.2, 0) is 4.74 Å². The molecule has 0 aliphatic carbocycles. The van der Waals surface area contributed by atoms with E-state index in [2.05, 4.69) is 58.0 Å². The van der Waals surface area contributed by atoms with Gasteiger partial charge in [-0.25, -0.2) is 9.78 Å². The summed E-state index contributed by atoms with van der Waals surface area (Å²) in [7, 11) is 0. The summed E-state index contributed by atoms with van der Waals surface area (Å²) < 4.78 is 9.21. The first-order chi connectivity index (χ1) is 14.7. The van der Waals surface area contributed by atoms with E-state index in [0.717, 1.165) is 48.4 Å². The van der Waals surface area contributed by atoms with Gasteiger partial charge >= 0.3 is 6.09 Å². The van der Waals surface area contributed by atoms with Crippen LogP contribution in [0.4, 0.5) is 10.7 Å². The lowest BCUT2D eigenvalue weighted by atomic mass is 10.2. The number of aromatic nitrogens is 2. The van der Waals surface area contributed by atoms with E-state index in [0.29, 0.717) is 22.1 Å². The molecule has 4 rings (SSSR count). The topological polar surface area (TPSA) is 95.2 Å². The highest BCUT2D eigenvalue weighted by molar-refractivity contribution is 9.13. The maximum absolute atomic E-state index is 12.2. The third-order valence-corrected chi connectivity index (χ3v) is 7.54. The molecule has 2 aliphatic heterocycles. The largest absolute Gasteiger partial charge is 0.444 e. The van der Waals surface area contributed by atoms with Crippen molar-refractivity contribution in [2.45, 2.75) is 51.3 Å². The maximum Gasteiger partial charge on any atom is 0.407 e. The second-order valence-electron chi connectivity index (χ2n) is 9.03. The monoisotopic (exact) mass is 552 g/mol. The van der Waals surface area contributed by atoms with E-state index in [1.165, 1.54) is 0 Å². The zero-order chi connectivity index (χ0) is 22.3. The summed E-state index contributed by atoms with van der Waals surface area (Å²) in [5.74, 6) is 0.846. The molecule has 2 atom stereocenters. The summed E-state index contributed by atoms with van der Waals surface area (Å²) in [6, 6.07) is 4.57. The second-order valence-corrected chi connectivity index (χ2v) is 10.7. The molecular formula is C21H26Br2N6O2. The normalized spacial score (nSPS) is 21.5. The molecule has 31 heavy (non-hydrogen) atoms. The predicted octanol–water partition coefficient (Wildman–Crippen LogP) is 4.07. The van der Waals surface area contributed by atoms with E-state index in [1.54, 1.807) is 0 Å². The van der Waals surface area contributed by atoms with Gasteiger partial charge < -0.3 is 24.8 Å². The molecule has 1 aromatic carbocycles. The van der Waals surface area contributed by atoms with Gasteiger partial charge in [0.2, 0.25) is 5.95 Å². The van der Waals surface area contributed by atoms with Gasteiger partial charge in [0.05, 0.1) is 27.6 Å². The van der Waals surface area contributed by atoms with Crippen LogP contribution in [0.15, 0.2) is 15.0 Å². The van der Waals surface area contributed by atoms with Gasteiger partial charge in [0.1, 0.15) is 17.2 Å². The van der Waals surface area contributed by atoms with Crippen molar-refractivity contribution >= 4 is 54.9 Å². The number of fused-ring (bicyclic) bond motifs is 1. The summed E-state index contributed by atoms with van der Waals surface area (Å²) in [6.45, 7) is 8.80. The van der Waals surface area contributed by atoms with Crippen LogP contribution in [0.1, 0.15) is 45.2 Å². The molecule has 0 radical (unpaired) electrons. The molecule has 2 N–H and O–H groups in total. The molecule has 0 bridgehead atoms. The average molecular weight is 554 g/mol. The van der Waals surface area contributed by atoms with Gasteiger partial charge in [0, 0.05) is 24.1 Å². The van der Waals surface area contributed by atoms with Gasteiger partial charge in [-0.2, -0.15) is 5.26 Å². The molecule has 1 amide bonds. The van der Waals surface area contributed by atoms with Crippen molar-refractivity contribution in [1.82, 2.24) is 20.2 Å². The van der Waals surface area contributed by atoms with Gasteiger partial charge in [0.25, 0.3) is 0 Å². The highest BCUT2D eigenvalue weighted by atomic mass is 79.9. The molecule has 1 aromatic heterocycles. The Labute approximate surface area is 198 Å². The van der Waals surface area contributed by atoms with Gasteiger partial charge in [-0.15, -0.1) is 0 Å². The molecule has 2 aromatic rings. The molecule has 8 nitrogen and oxygen atoms in total. The highest BCUT2D eigenvalue weighted by Crippen LogP contribution is 2.38. The Kier molecular flexibility index (Phi) is 6.21. The first-order valence-electron chi connectivity index (χ1n) is 10.4. The Balaban J connectivity index is 1.67. The lowest BCUT2D eigenvalue weighted by molar-refractivity contribution is 0.0509. The number of halogens is 2. The number of nitrogens with zero attached hydrogens (tertiary/aromatic N) is 4. The number of nitriles is 1. The Hall–Kier alpha value is -1.83.